The SMILES string of the molecule is CCCCCCNc1cc(NN)nc(C(F)(F)F)n1. The molecule has 0 unspecified atom stereocenters. The first-order chi connectivity index (χ1) is 8.97. The van der Waals surface area contributed by atoms with Crippen LogP contribution >= 0.6 is 0 Å². The minimum absolute atomic E-state index is 0.0709. The van der Waals surface area contributed by atoms with Gasteiger partial charge in [0.25, 0.3) is 0 Å². The van der Waals surface area contributed by atoms with Crippen molar-refractivity contribution in [2.45, 2.75) is 38.8 Å². The number of aromatic nitrogens is 2. The summed E-state index contributed by atoms with van der Waals surface area (Å²) in [4.78, 5) is 6.70. The first-order valence-electron chi connectivity index (χ1n) is 6.14. The summed E-state index contributed by atoms with van der Waals surface area (Å²) in [7, 11) is 0. The number of rotatable bonds is 7. The van der Waals surface area contributed by atoms with Crippen LogP contribution < -0.4 is 16.6 Å². The Morgan fingerprint density at radius 3 is 2.42 bits per heavy atom. The molecule has 0 amide bonds. The van der Waals surface area contributed by atoms with Crippen LogP contribution in [0.1, 0.15) is 38.4 Å². The largest absolute Gasteiger partial charge is 0.451 e. The van der Waals surface area contributed by atoms with Gasteiger partial charge < -0.3 is 10.7 Å². The summed E-state index contributed by atoms with van der Waals surface area (Å²) in [5.74, 6) is 3.93. The summed E-state index contributed by atoms with van der Waals surface area (Å²) in [5.41, 5.74) is 2.10. The van der Waals surface area contributed by atoms with Gasteiger partial charge in [0.1, 0.15) is 11.6 Å². The molecule has 1 aromatic heterocycles. The number of halogens is 3. The van der Waals surface area contributed by atoms with Crippen LogP contribution in [0.15, 0.2) is 6.07 Å². The number of hydrogen-bond acceptors (Lipinski definition) is 5. The van der Waals surface area contributed by atoms with Crippen LogP contribution in [0.2, 0.25) is 0 Å². The highest BCUT2D eigenvalue weighted by molar-refractivity contribution is 5.47. The van der Waals surface area contributed by atoms with E-state index < -0.39 is 12.0 Å². The Balaban J connectivity index is 2.67. The van der Waals surface area contributed by atoms with Crippen molar-refractivity contribution in [3.63, 3.8) is 0 Å². The second-order valence-electron chi connectivity index (χ2n) is 4.09. The second-order valence-corrected chi connectivity index (χ2v) is 4.09. The van der Waals surface area contributed by atoms with E-state index in [1.807, 2.05) is 0 Å². The van der Waals surface area contributed by atoms with Gasteiger partial charge in [-0.25, -0.2) is 15.8 Å². The number of anilines is 2. The van der Waals surface area contributed by atoms with E-state index >= 15 is 0 Å². The standard InChI is InChI=1S/C11H18F3N5/c1-2-3-4-5-6-16-8-7-9(19-15)18-10(17-8)11(12,13)14/h7H,2-6,15H2,1H3,(H2,16,17,18,19). The maximum Gasteiger partial charge on any atom is 0.451 e. The van der Waals surface area contributed by atoms with Crippen LogP contribution in [0.5, 0.6) is 0 Å². The van der Waals surface area contributed by atoms with Crippen molar-refractivity contribution in [1.29, 1.82) is 0 Å². The minimum Gasteiger partial charge on any atom is -0.370 e. The fraction of sp³-hybridized carbons (Fsp3) is 0.636. The number of nitrogens with two attached hydrogens (primary N) is 1. The number of nitrogens with one attached hydrogen (secondary N) is 2. The van der Waals surface area contributed by atoms with Crippen molar-refractivity contribution in [3.8, 4) is 0 Å². The third-order valence-electron chi connectivity index (χ3n) is 2.46. The van der Waals surface area contributed by atoms with Crippen LogP contribution in [0.3, 0.4) is 0 Å². The molecule has 0 aliphatic heterocycles. The highest BCUT2D eigenvalue weighted by Gasteiger charge is 2.35. The molecule has 0 aromatic carbocycles. The summed E-state index contributed by atoms with van der Waals surface area (Å²) in [6, 6.07) is 1.34. The molecule has 0 saturated carbocycles. The average molecular weight is 277 g/mol. The molecule has 0 fully saturated rings. The van der Waals surface area contributed by atoms with Gasteiger partial charge in [0, 0.05) is 12.6 Å². The molecular formula is C11H18F3N5. The van der Waals surface area contributed by atoms with Crippen molar-refractivity contribution in [2.75, 3.05) is 17.3 Å². The highest BCUT2D eigenvalue weighted by atomic mass is 19.4. The lowest BCUT2D eigenvalue weighted by Gasteiger charge is -2.11. The average Bonchev–Trinajstić information content (AvgIpc) is 2.37. The molecule has 0 saturated heterocycles. The van der Waals surface area contributed by atoms with Crippen molar-refractivity contribution < 1.29 is 13.2 Å². The number of unbranched alkanes of at least 4 members (excludes halogenated alkanes) is 3. The molecule has 0 aliphatic rings. The highest BCUT2D eigenvalue weighted by Crippen LogP contribution is 2.28. The topological polar surface area (TPSA) is 75.9 Å². The summed E-state index contributed by atoms with van der Waals surface area (Å²) >= 11 is 0. The summed E-state index contributed by atoms with van der Waals surface area (Å²) in [5, 5.41) is 2.84. The number of nitrogen functional groups attached to an aromatic ring is 1. The van der Waals surface area contributed by atoms with Gasteiger partial charge in [-0.2, -0.15) is 13.2 Å². The van der Waals surface area contributed by atoms with E-state index in [1.165, 1.54) is 6.07 Å². The van der Waals surface area contributed by atoms with Gasteiger partial charge >= 0.3 is 6.18 Å². The third kappa shape index (κ3) is 5.29. The molecule has 5 nitrogen and oxygen atoms in total. The van der Waals surface area contributed by atoms with E-state index in [0.717, 1.165) is 25.7 Å². The zero-order valence-corrected chi connectivity index (χ0v) is 10.7. The Hall–Kier alpha value is -1.57. The summed E-state index contributed by atoms with van der Waals surface area (Å²) in [6.07, 6.45) is -0.472. The first-order valence-corrected chi connectivity index (χ1v) is 6.14. The molecule has 108 valence electrons. The number of nitrogens with zero attached hydrogens (tertiary/aromatic N) is 2. The van der Waals surface area contributed by atoms with E-state index in [4.69, 9.17) is 5.84 Å². The molecule has 19 heavy (non-hydrogen) atoms. The zero-order valence-electron chi connectivity index (χ0n) is 10.7. The smallest absolute Gasteiger partial charge is 0.370 e. The van der Waals surface area contributed by atoms with Crippen molar-refractivity contribution in [3.05, 3.63) is 11.9 Å². The van der Waals surface area contributed by atoms with Crippen LogP contribution in [-0.2, 0) is 6.18 Å². The molecular weight excluding hydrogens is 259 g/mol. The maximum atomic E-state index is 12.6. The molecule has 1 rings (SSSR count). The molecule has 1 aromatic rings. The monoisotopic (exact) mass is 277 g/mol. The molecule has 0 bridgehead atoms. The first kappa shape index (κ1) is 15.5. The fourth-order valence-corrected chi connectivity index (χ4v) is 1.51. The van der Waals surface area contributed by atoms with E-state index in [2.05, 4.69) is 27.6 Å². The van der Waals surface area contributed by atoms with Crippen LogP contribution in [0.4, 0.5) is 24.8 Å². The van der Waals surface area contributed by atoms with Gasteiger partial charge in [-0.05, 0) is 6.42 Å². The van der Waals surface area contributed by atoms with Gasteiger partial charge in [0.2, 0.25) is 5.82 Å². The number of alkyl halides is 3. The number of hydrazine groups is 1. The Morgan fingerprint density at radius 1 is 1.16 bits per heavy atom. The van der Waals surface area contributed by atoms with Gasteiger partial charge in [-0.15, -0.1) is 0 Å². The Morgan fingerprint density at radius 2 is 1.84 bits per heavy atom. The Labute approximate surface area is 109 Å². The van der Waals surface area contributed by atoms with Crippen molar-refractivity contribution in [2.24, 2.45) is 5.84 Å². The molecule has 8 heteroatoms. The third-order valence-corrected chi connectivity index (χ3v) is 2.46. The molecule has 1 heterocycles. The molecule has 0 radical (unpaired) electrons. The van der Waals surface area contributed by atoms with Gasteiger partial charge in [-0.3, -0.25) is 0 Å². The predicted molar refractivity (Wildman–Crippen MR) is 67.5 cm³/mol. The number of hydrogen-bond donors (Lipinski definition) is 3. The van der Waals surface area contributed by atoms with Crippen LogP contribution in [0.25, 0.3) is 0 Å². The Bertz CT molecular complexity index is 394. The second kappa shape index (κ2) is 7.13. The molecule has 0 spiro atoms. The lowest BCUT2D eigenvalue weighted by molar-refractivity contribution is -0.144. The molecule has 0 atom stereocenters. The lowest BCUT2D eigenvalue weighted by atomic mass is 10.2. The van der Waals surface area contributed by atoms with Gasteiger partial charge in [0.05, 0.1) is 0 Å². The van der Waals surface area contributed by atoms with Crippen molar-refractivity contribution in [1.82, 2.24) is 9.97 Å². The Kier molecular flexibility index (Phi) is 5.81. The normalized spacial score (nSPS) is 11.4. The van der Waals surface area contributed by atoms with Gasteiger partial charge in [-0.1, -0.05) is 26.2 Å². The van der Waals surface area contributed by atoms with Crippen LogP contribution in [0, 0.1) is 0 Å². The fourth-order valence-electron chi connectivity index (χ4n) is 1.51. The zero-order chi connectivity index (χ0) is 14.3. The van der Waals surface area contributed by atoms with E-state index in [1.54, 1.807) is 0 Å². The van der Waals surface area contributed by atoms with Gasteiger partial charge in [0.15, 0.2) is 0 Å². The summed E-state index contributed by atoms with van der Waals surface area (Å²) in [6.45, 7) is 2.66. The van der Waals surface area contributed by atoms with E-state index in [0.29, 0.717) is 6.54 Å². The predicted octanol–water partition coefficient (Wildman–Crippen LogP) is 2.77. The maximum absolute atomic E-state index is 12.6. The molecule has 0 aliphatic carbocycles. The quantitative estimate of drug-likeness (QED) is 0.406. The minimum atomic E-state index is -4.59. The lowest BCUT2D eigenvalue weighted by Crippen LogP contribution is -2.17. The van der Waals surface area contributed by atoms with E-state index in [-0.39, 0.29) is 11.6 Å². The molecule has 4 N–H and O–H groups in total. The van der Waals surface area contributed by atoms with E-state index in [9.17, 15) is 13.2 Å². The van der Waals surface area contributed by atoms with Crippen LogP contribution in [-0.4, -0.2) is 16.5 Å². The van der Waals surface area contributed by atoms with Crippen molar-refractivity contribution >= 4 is 11.6 Å². The summed E-state index contributed by atoms with van der Waals surface area (Å²) < 4.78 is 37.7.